The summed E-state index contributed by atoms with van der Waals surface area (Å²) in [5.74, 6) is -0.700. The Bertz CT molecular complexity index is 653. The zero-order valence-electron chi connectivity index (χ0n) is 9.67. The summed E-state index contributed by atoms with van der Waals surface area (Å²) in [6.07, 6.45) is 0. The summed E-state index contributed by atoms with van der Waals surface area (Å²) in [6.45, 7) is 0. The summed E-state index contributed by atoms with van der Waals surface area (Å²) in [7, 11) is 0. The zero-order chi connectivity index (χ0) is 13.6. The molecule has 6 nitrogen and oxygen atoms in total. The smallest absolute Gasteiger partial charge is 0.256 e. The van der Waals surface area contributed by atoms with Crippen LogP contribution in [0.5, 0.6) is 5.75 Å². The molecule has 0 unspecified atom stereocenters. The van der Waals surface area contributed by atoms with E-state index in [0.717, 1.165) is 0 Å². The van der Waals surface area contributed by atoms with E-state index in [1.165, 1.54) is 16.7 Å². The summed E-state index contributed by atoms with van der Waals surface area (Å²) in [4.78, 5) is 24.9. The van der Waals surface area contributed by atoms with Crippen molar-refractivity contribution in [1.29, 1.82) is 5.41 Å². The number of carbonyl (C=O) groups excluding carboxylic acids is 2. The van der Waals surface area contributed by atoms with Crippen molar-refractivity contribution >= 4 is 35.2 Å². The quantitative estimate of drug-likeness (QED) is 0.793. The molecule has 1 fully saturated rings. The molecule has 0 atom stereocenters. The van der Waals surface area contributed by atoms with E-state index in [1.54, 1.807) is 24.3 Å². The number of nitrogens with zero attached hydrogens (tertiary/aromatic N) is 1. The van der Waals surface area contributed by atoms with E-state index in [1.807, 2.05) is 0 Å². The molecular formula is C12H9N3O3S. The number of rotatable bonds is 1. The third-order valence-electron chi connectivity index (χ3n) is 2.79. The van der Waals surface area contributed by atoms with Crippen LogP contribution in [0.3, 0.4) is 0 Å². The SMILES string of the molecule is N=C1Oc2ccccc2N2C(=O)CSC2=C1C(N)=O. The van der Waals surface area contributed by atoms with Crippen LogP contribution in [0.4, 0.5) is 5.69 Å². The summed E-state index contributed by atoms with van der Waals surface area (Å²) in [6, 6.07) is 6.84. The number of thioether (sulfide) groups is 1. The van der Waals surface area contributed by atoms with E-state index in [4.69, 9.17) is 15.9 Å². The second kappa shape index (κ2) is 4.13. The highest BCUT2D eigenvalue weighted by Crippen LogP contribution is 2.42. The van der Waals surface area contributed by atoms with Crippen LogP contribution in [-0.4, -0.2) is 23.5 Å². The Balaban J connectivity index is 2.28. The molecule has 3 N–H and O–H groups in total. The number of anilines is 1. The molecule has 19 heavy (non-hydrogen) atoms. The van der Waals surface area contributed by atoms with Gasteiger partial charge in [0.2, 0.25) is 11.8 Å². The van der Waals surface area contributed by atoms with Crippen LogP contribution in [0.15, 0.2) is 34.9 Å². The Hall–Kier alpha value is -2.28. The van der Waals surface area contributed by atoms with Crippen LogP contribution in [0.2, 0.25) is 0 Å². The van der Waals surface area contributed by atoms with Crippen LogP contribution in [0, 0.1) is 5.41 Å². The standard InChI is InChI=1S/C12H9N3O3S/c13-10(17)9-11(14)18-7-4-2-1-3-6(7)15-8(16)5-19-12(9)15/h1-4,14H,5H2,(H2,13,17). The van der Waals surface area contributed by atoms with Gasteiger partial charge in [-0.25, -0.2) is 0 Å². The van der Waals surface area contributed by atoms with E-state index in [-0.39, 0.29) is 23.1 Å². The van der Waals surface area contributed by atoms with Gasteiger partial charge in [-0.15, -0.1) is 0 Å². The van der Waals surface area contributed by atoms with Crippen molar-refractivity contribution in [3.8, 4) is 5.75 Å². The number of hydrogen-bond donors (Lipinski definition) is 2. The molecular weight excluding hydrogens is 266 g/mol. The van der Waals surface area contributed by atoms with E-state index < -0.39 is 5.91 Å². The molecule has 3 rings (SSSR count). The number of amides is 2. The first kappa shape index (κ1) is 11.8. The minimum Gasteiger partial charge on any atom is -0.436 e. The van der Waals surface area contributed by atoms with Gasteiger partial charge in [0.05, 0.1) is 11.4 Å². The van der Waals surface area contributed by atoms with E-state index in [2.05, 4.69) is 0 Å². The van der Waals surface area contributed by atoms with E-state index in [9.17, 15) is 9.59 Å². The molecule has 96 valence electrons. The zero-order valence-corrected chi connectivity index (χ0v) is 10.5. The van der Waals surface area contributed by atoms with Crippen molar-refractivity contribution in [2.75, 3.05) is 10.7 Å². The number of primary amides is 1. The van der Waals surface area contributed by atoms with E-state index in [0.29, 0.717) is 16.5 Å². The largest absolute Gasteiger partial charge is 0.436 e. The summed E-state index contributed by atoms with van der Waals surface area (Å²) in [5, 5.41) is 8.20. The monoisotopic (exact) mass is 275 g/mol. The molecule has 2 aliphatic rings. The van der Waals surface area contributed by atoms with Crippen LogP contribution in [-0.2, 0) is 9.59 Å². The van der Waals surface area contributed by atoms with Crippen molar-refractivity contribution in [2.45, 2.75) is 0 Å². The summed E-state index contributed by atoms with van der Waals surface area (Å²) >= 11 is 1.19. The minimum atomic E-state index is -0.778. The number of hydrogen-bond acceptors (Lipinski definition) is 5. The van der Waals surface area contributed by atoms with Gasteiger partial charge < -0.3 is 10.5 Å². The fraction of sp³-hybridized carbons (Fsp3) is 0.0833. The fourth-order valence-electron chi connectivity index (χ4n) is 2.00. The molecule has 2 amide bonds. The number of nitrogens with two attached hydrogens (primary N) is 1. The highest BCUT2D eigenvalue weighted by molar-refractivity contribution is 8.04. The number of ether oxygens (including phenoxy) is 1. The molecule has 1 saturated heterocycles. The average Bonchev–Trinajstić information content (AvgIpc) is 2.66. The Morgan fingerprint density at radius 1 is 1.42 bits per heavy atom. The van der Waals surface area contributed by atoms with Crippen molar-refractivity contribution in [3.05, 3.63) is 34.9 Å². The number of fused-ring (bicyclic) bond motifs is 3. The Morgan fingerprint density at radius 2 is 2.16 bits per heavy atom. The molecule has 0 aromatic heterocycles. The van der Waals surface area contributed by atoms with Crippen molar-refractivity contribution < 1.29 is 14.3 Å². The fourth-order valence-corrected chi connectivity index (χ4v) is 3.06. The highest BCUT2D eigenvalue weighted by Gasteiger charge is 2.38. The normalized spacial score (nSPS) is 17.8. The highest BCUT2D eigenvalue weighted by atomic mass is 32.2. The van der Waals surface area contributed by atoms with Crippen molar-refractivity contribution in [1.82, 2.24) is 0 Å². The van der Waals surface area contributed by atoms with Gasteiger partial charge in [-0.05, 0) is 12.1 Å². The first-order valence-electron chi connectivity index (χ1n) is 5.45. The maximum atomic E-state index is 12.0. The predicted molar refractivity (Wildman–Crippen MR) is 71.0 cm³/mol. The van der Waals surface area contributed by atoms with Crippen LogP contribution in [0.1, 0.15) is 0 Å². The Kier molecular flexibility index (Phi) is 2.56. The second-order valence-corrected chi connectivity index (χ2v) is 4.93. The van der Waals surface area contributed by atoms with Crippen molar-refractivity contribution in [3.63, 3.8) is 0 Å². The van der Waals surface area contributed by atoms with E-state index >= 15 is 0 Å². The third kappa shape index (κ3) is 1.70. The molecule has 7 heteroatoms. The lowest BCUT2D eigenvalue weighted by molar-refractivity contribution is -0.115. The van der Waals surface area contributed by atoms with Crippen LogP contribution in [0.25, 0.3) is 0 Å². The first-order chi connectivity index (χ1) is 9.09. The van der Waals surface area contributed by atoms with Gasteiger partial charge in [0, 0.05) is 0 Å². The summed E-state index contributed by atoms with van der Waals surface area (Å²) < 4.78 is 5.33. The van der Waals surface area contributed by atoms with Gasteiger partial charge in [-0.1, -0.05) is 23.9 Å². The van der Waals surface area contributed by atoms with Gasteiger partial charge >= 0.3 is 0 Å². The lowest BCUT2D eigenvalue weighted by Gasteiger charge is -2.17. The lowest BCUT2D eigenvalue weighted by atomic mass is 10.2. The summed E-state index contributed by atoms with van der Waals surface area (Å²) in [5.41, 5.74) is 5.75. The molecule has 0 radical (unpaired) electrons. The number of para-hydroxylation sites is 2. The van der Waals surface area contributed by atoms with Crippen LogP contribution < -0.4 is 15.4 Å². The molecule has 1 aromatic carbocycles. The van der Waals surface area contributed by atoms with Crippen LogP contribution >= 0.6 is 11.8 Å². The molecule has 1 aromatic rings. The van der Waals surface area contributed by atoms with Gasteiger partial charge in [-0.2, -0.15) is 0 Å². The maximum absolute atomic E-state index is 12.0. The lowest BCUT2D eigenvalue weighted by Crippen LogP contribution is -2.28. The minimum absolute atomic E-state index is 0.0629. The van der Waals surface area contributed by atoms with Gasteiger partial charge in [0.25, 0.3) is 5.91 Å². The Morgan fingerprint density at radius 3 is 2.89 bits per heavy atom. The maximum Gasteiger partial charge on any atom is 0.256 e. The Labute approximate surface area is 112 Å². The first-order valence-corrected chi connectivity index (χ1v) is 6.44. The third-order valence-corrected chi connectivity index (χ3v) is 3.84. The van der Waals surface area contributed by atoms with Gasteiger partial charge in [0.15, 0.2) is 5.75 Å². The van der Waals surface area contributed by atoms with Crippen molar-refractivity contribution in [2.24, 2.45) is 5.73 Å². The number of carbonyl (C=O) groups is 2. The number of benzene rings is 1. The topological polar surface area (TPSA) is 96.5 Å². The molecule has 2 aliphatic heterocycles. The molecule has 0 aliphatic carbocycles. The van der Waals surface area contributed by atoms with Gasteiger partial charge in [0.1, 0.15) is 10.6 Å². The molecule has 0 spiro atoms. The number of nitrogens with one attached hydrogen (secondary N) is 1. The van der Waals surface area contributed by atoms with Gasteiger partial charge in [-0.3, -0.25) is 19.9 Å². The predicted octanol–water partition coefficient (Wildman–Crippen LogP) is 0.833. The molecule has 0 bridgehead atoms. The second-order valence-electron chi connectivity index (χ2n) is 3.96. The molecule has 2 heterocycles. The molecule has 0 saturated carbocycles. The average molecular weight is 275 g/mol.